The summed E-state index contributed by atoms with van der Waals surface area (Å²) < 4.78 is 7.19. The van der Waals surface area contributed by atoms with E-state index in [1.807, 2.05) is 12.5 Å². The molecule has 1 saturated heterocycles. The van der Waals surface area contributed by atoms with Gasteiger partial charge in [-0.05, 0) is 32.2 Å². The molecule has 1 aliphatic heterocycles. The number of carbonyl (C=O) groups is 1. The highest BCUT2D eigenvalue weighted by Gasteiger charge is 2.31. The minimum absolute atomic E-state index is 0.0821. The molecule has 1 saturated carbocycles. The number of nitrogens with zero attached hydrogens (tertiary/aromatic N) is 3. The summed E-state index contributed by atoms with van der Waals surface area (Å²) in [5.74, 6) is -0.0998. The summed E-state index contributed by atoms with van der Waals surface area (Å²) in [5.41, 5.74) is 1.22. The zero-order valence-electron chi connectivity index (χ0n) is 11.4. The molecule has 0 N–H and O–H groups in total. The van der Waals surface area contributed by atoms with Gasteiger partial charge in [-0.3, -0.25) is 9.69 Å². The summed E-state index contributed by atoms with van der Waals surface area (Å²) in [6, 6.07) is 0.556. The van der Waals surface area contributed by atoms with Gasteiger partial charge in [0.25, 0.3) is 0 Å². The van der Waals surface area contributed by atoms with E-state index < -0.39 is 0 Å². The van der Waals surface area contributed by atoms with E-state index >= 15 is 0 Å². The van der Waals surface area contributed by atoms with Crippen molar-refractivity contribution in [1.82, 2.24) is 14.5 Å². The Balaban J connectivity index is 1.72. The third kappa shape index (κ3) is 2.66. The number of rotatable bonds is 4. The molecule has 104 valence electrons. The van der Waals surface area contributed by atoms with E-state index in [2.05, 4.69) is 14.5 Å². The molecule has 19 heavy (non-hydrogen) atoms. The molecule has 0 radical (unpaired) electrons. The Morgan fingerprint density at radius 2 is 2.26 bits per heavy atom. The second-order valence-corrected chi connectivity index (χ2v) is 5.53. The van der Waals surface area contributed by atoms with Crippen molar-refractivity contribution in [2.45, 2.75) is 50.7 Å². The highest BCUT2D eigenvalue weighted by atomic mass is 16.5. The van der Waals surface area contributed by atoms with E-state index in [9.17, 15) is 4.79 Å². The number of hydrogen-bond acceptors (Lipinski definition) is 4. The van der Waals surface area contributed by atoms with Crippen LogP contribution in [-0.4, -0.2) is 40.1 Å². The van der Waals surface area contributed by atoms with Crippen LogP contribution in [0.5, 0.6) is 0 Å². The number of methoxy groups -OCH3 is 1. The third-order valence-electron chi connectivity index (χ3n) is 4.14. The number of hydrogen-bond donors (Lipinski definition) is 0. The number of aromatic nitrogens is 2. The summed E-state index contributed by atoms with van der Waals surface area (Å²) in [4.78, 5) is 18.4. The van der Waals surface area contributed by atoms with Crippen molar-refractivity contribution in [3.63, 3.8) is 0 Å². The van der Waals surface area contributed by atoms with Crippen molar-refractivity contribution in [3.05, 3.63) is 18.2 Å². The van der Waals surface area contributed by atoms with Gasteiger partial charge in [0, 0.05) is 18.8 Å². The Labute approximate surface area is 113 Å². The second-order valence-electron chi connectivity index (χ2n) is 5.53. The maximum Gasteiger partial charge on any atom is 0.323 e. The lowest BCUT2D eigenvalue weighted by Gasteiger charge is -2.33. The smallest absolute Gasteiger partial charge is 0.323 e. The highest BCUT2D eigenvalue weighted by molar-refractivity contribution is 5.75. The number of piperidine rings is 1. The molecule has 1 aliphatic carbocycles. The van der Waals surface area contributed by atoms with Crippen LogP contribution in [0.15, 0.2) is 12.5 Å². The van der Waals surface area contributed by atoms with Gasteiger partial charge in [-0.25, -0.2) is 4.98 Å². The highest BCUT2D eigenvalue weighted by Crippen LogP contribution is 2.36. The molecule has 2 aliphatic rings. The number of carbonyl (C=O) groups excluding carboxylic acids is 1. The molecule has 0 spiro atoms. The number of likely N-dealkylation sites (tertiary alicyclic amines) is 1. The van der Waals surface area contributed by atoms with Gasteiger partial charge in [-0.15, -0.1) is 0 Å². The van der Waals surface area contributed by atoms with Crippen LogP contribution < -0.4 is 0 Å². The minimum atomic E-state index is -0.0998. The van der Waals surface area contributed by atoms with Gasteiger partial charge < -0.3 is 9.30 Å². The van der Waals surface area contributed by atoms with Crippen molar-refractivity contribution < 1.29 is 9.53 Å². The largest absolute Gasteiger partial charge is 0.468 e. The fraction of sp³-hybridized carbons (Fsp3) is 0.714. The van der Waals surface area contributed by atoms with Crippen molar-refractivity contribution >= 4 is 5.97 Å². The molecule has 2 heterocycles. The van der Waals surface area contributed by atoms with Gasteiger partial charge in [-0.2, -0.15) is 0 Å². The van der Waals surface area contributed by atoms with Gasteiger partial charge in [0.05, 0.1) is 19.1 Å². The van der Waals surface area contributed by atoms with Crippen LogP contribution in [0, 0.1) is 0 Å². The predicted molar refractivity (Wildman–Crippen MR) is 70.6 cm³/mol. The second kappa shape index (κ2) is 5.33. The van der Waals surface area contributed by atoms with Crippen molar-refractivity contribution in [1.29, 1.82) is 0 Å². The molecule has 5 heteroatoms. The molecule has 5 nitrogen and oxygen atoms in total. The lowest BCUT2D eigenvalue weighted by Crippen LogP contribution is -2.44. The van der Waals surface area contributed by atoms with E-state index in [1.165, 1.54) is 25.6 Å². The molecule has 3 rings (SSSR count). The first-order valence-corrected chi connectivity index (χ1v) is 7.12. The van der Waals surface area contributed by atoms with E-state index in [4.69, 9.17) is 4.74 Å². The van der Waals surface area contributed by atoms with E-state index in [1.54, 1.807) is 0 Å². The van der Waals surface area contributed by atoms with Crippen LogP contribution in [0.3, 0.4) is 0 Å². The molecular formula is C14H21N3O2. The fourth-order valence-corrected chi connectivity index (χ4v) is 2.93. The molecule has 0 bridgehead atoms. The molecular weight excluding hydrogens is 242 g/mol. The van der Waals surface area contributed by atoms with Crippen molar-refractivity contribution in [2.75, 3.05) is 13.7 Å². The van der Waals surface area contributed by atoms with Gasteiger partial charge in [0.2, 0.25) is 0 Å². The summed E-state index contributed by atoms with van der Waals surface area (Å²) in [6.45, 7) is 1.77. The zero-order valence-corrected chi connectivity index (χ0v) is 11.4. The predicted octanol–water partition coefficient (Wildman–Crippen LogP) is 1.75. The van der Waals surface area contributed by atoms with E-state index in [0.717, 1.165) is 32.4 Å². The average Bonchev–Trinajstić information content (AvgIpc) is 3.19. The normalized spacial score (nSPS) is 24.4. The lowest BCUT2D eigenvalue weighted by atomic mass is 10.0. The zero-order chi connectivity index (χ0) is 13.2. The van der Waals surface area contributed by atoms with Gasteiger partial charge in [0.1, 0.15) is 6.04 Å². The third-order valence-corrected chi connectivity index (χ3v) is 4.14. The van der Waals surface area contributed by atoms with Crippen LogP contribution in [0.4, 0.5) is 0 Å². The molecule has 1 unspecified atom stereocenters. The van der Waals surface area contributed by atoms with Crippen LogP contribution in [-0.2, 0) is 16.1 Å². The monoisotopic (exact) mass is 263 g/mol. The average molecular weight is 263 g/mol. The summed E-state index contributed by atoms with van der Waals surface area (Å²) in [5, 5.41) is 0. The van der Waals surface area contributed by atoms with Crippen LogP contribution >= 0.6 is 0 Å². The fourth-order valence-electron chi connectivity index (χ4n) is 2.93. The number of ether oxygens (including phenoxy) is 1. The number of esters is 1. The Kier molecular flexibility index (Phi) is 3.55. The molecule has 1 aromatic rings. The Hall–Kier alpha value is -1.36. The van der Waals surface area contributed by atoms with Crippen molar-refractivity contribution in [2.24, 2.45) is 0 Å². The quantitative estimate of drug-likeness (QED) is 0.776. The first kappa shape index (κ1) is 12.7. The summed E-state index contributed by atoms with van der Waals surface area (Å²) in [6.07, 6.45) is 9.53. The van der Waals surface area contributed by atoms with Gasteiger partial charge in [-0.1, -0.05) is 6.42 Å². The Bertz CT molecular complexity index is 453. The summed E-state index contributed by atoms with van der Waals surface area (Å²) in [7, 11) is 1.48. The minimum Gasteiger partial charge on any atom is -0.468 e. The van der Waals surface area contributed by atoms with E-state index in [-0.39, 0.29) is 12.0 Å². The van der Waals surface area contributed by atoms with Crippen LogP contribution in [0.25, 0.3) is 0 Å². The Morgan fingerprint density at radius 3 is 3.00 bits per heavy atom. The first-order valence-electron chi connectivity index (χ1n) is 7.12. The van der Waals surface area contributed by atoms with Crippen molar-refractivity contribution in [3.8, 4) is 0 Å². The summed E-state index contributed by atoms with van der Waals surface area (Å²) >= 11 is 0. The molecule has 0 aromatic carbocycles. The van der Waals surface area contributed by atoms with Gasteiger partial charge in [0.15, 0.2) is 0 Å². The van der Waals surface area contributed by atoms with Crippen LogP contribution in [0.1, 0.15) is 43.8 Å². The SMILES string of the molecule is COC(=O)C1CCCCN1Cc1cncn1C1CC1. The lowest BCUT2D eigenvalue weighted by molar-refractivity contribution is -0.148. The molecule has 2 fully saturated rings. The maximum absolute atomic E-state index is 11.9. The molecule has 1 aromatic heterocycles. The van der Waals surface area contributed by atoms with Gasteiger partial charge >= 0.3 is 5.97 Å². The van der Waals surface area contributed by atoms with Crippen LogP contribution in [0.2, 0.25) is 0 Å². The molecule has 0 amide bonds. The Morgan fingerprint density at radius 1 is 1.42 bits per heavy atom. The first-order chi connectivity index (χ1) is 9.29. The number of imidazole rings is 1. The molecule has 1 atom stereocenters. The standard InChI is InChI=1S/C14H21N3O2/c1-19-14(18)13-4-2-3-7-16(13)9-12-8-15-10-17(12)11-5-6-11/h8,10-11,13H,2-7,9H2,1H3. The van der Waals surface area contributed by atoms with E-state index in [0.29, 0.717) is 6.04 Å². The maximum atomic E-state index is 11.9. The topological polar surface area (TPSA) is 47.4 Å².